The summed E-state index contributed by atoms with van der Waals surface area (Å²) in [7, 11) is 0. The number of halogens is 3. The Hall–Kier alpha value is -3.21. The Kier molecular flexibility index (Phi) is 5.29. The molecule has 3 aromatic rings. The predicted octanol–water partition coefficient (Wildman–Crippen LogP) is 5.70. The van der Waals surface area contributed by atoms with Crippen LogP contribution in [0, 0.1) is 17.1 Å². The van der Waals surface area contributed by atoms with Crippen molar-refractivity contribution < 1.29 is 18.7 Å². The molecule has 0 aromatic heterocycles. The van der Waals surface area contributed by atoms with Crippen LogP contribution in [-0.4, -0.2) is 16.7 Å². The highest BCUT2D eigenvalue weighted by Crippen LogP contribution is 2.36. The van der Waals surface area contributed by atoms with E-state index < -0.39 is 17.6 Å². The van der Waals surface area contributed by atoms with Crippen LogP contribution in [0.2, 0.25) is 5.02 Å². The van der Waals surface area contributed by atoms with E-state index in [2.05, 4.69) is 15.9 Å². The molecular weight excluding hydrogens is 475 g/mol. The van der Waals surface area contributed by atoms with Gasteiger partial charge in [-0.15, -0.1) is 0 Å². The molecule has 0 radical (unpaired) electrons. The molecule has 148 valence electrons. The van der Waals surface area contributed by atoms with Gasteiger partial charge in [0.1, 0.15) is 5.75 Å². The van der Waals surface area contributed by atoms with Gasteiger partial charge in [0.25, 0.3) is 11.8 Å². The van der Waals surface area contributed by atoms with E-state index in [1.807, 2.05) is 6.07 Å². The van der Waals surface area contributed by atoms with Crippen molar-refractivity contribution in [2.24, 2.45) is 0 Å². The summed E-state index contributed by atoms with van der Waals surface area (Å²) < 4.78 is 21.1. The average molecular weight is 486 g/mol. The molecule has 2 amide bonds. The highest BCUT2D eigenvalue weighted by molar-refractivity contribution is 9.10. The van der Waals surface area contributed by atoms with E-state index in [9.17, 15) is 9.59 Å². The van der Waals surface area contributed by atoms with E-state index in [-0.39, 0.29) is 38.7 Å². The van der Waals surface area contributed by atoms with Crippen molar-refractivity contribution in [3.8, 4) is 17.6 Å². The van der Waals surface area contributed by atoms with Crippen LogP contribution < -0.4 is 4.74 Å². The molecule has 0 aliphatic carbocycles. The van der Waals surface area contributed by atoms with Crippen LogP contribution in [0.15, 0.2) is 59.1 Å². The summed E-state index contributed by atoms with van der Waals surface area (Å²) in [6.45, 7) is 0.0688. The maximum Gasteiger partial charge on any atom is 0.264 e. The topological polar surface area (TPSA) is 70.4 Å². The fourth-order valence-electron chi connectivity index (χ4n) is 3.16. The van der Waals surface area contributed by atoms with Gasteiger partial charge in [0.2, 0.25) is 0 Å². The van der Waals surface area contributed by atoms with Crippen LogP contribution >= 0.6 is 27.5 Å². The smallest absolute Gasteiger partial charge is 0.264 e. The van der Waals surface area contributed by atoms with Gasteiger partial charge in [0, 0.05) is 10.6 Å². The third-order valence-electron chi connectivity index (χ3n) is 4.57. The van der Waals surface area contributed by atoms with Crippen LogP contribution in [0.1, 0.15) is 31.8 Å². The number of benzene rings is 3. The zero-order valence-electron chi connectivity index (χ0n) is 15.2. The fraction of sp³-hybridized carbons (Fsp3) is 0.0455. The molecule has 0 spiro atoms. The molecule has 3 aromatic carbocycles. The maximum absolute atomic E-state index is 15.3. The van der Waals surface area contributed by atoms with Gasteiger partial charge in [-0.05, 0) is 57.9 Å². The lowest BCUT2D eigenvalue weighted by Gasteiger charge is -2.16. The Morgan fingerprint density at radius 3 is 2.70 bits per heavy atom. The molecule has 0 saturated carbocycles. The van der Waals surface area contributed by atoms with Gasteiger partial charge in [0.05, 0.1) is 28.2 Å². The van der Waals surface area contributed by atoms with Crippen LogP contribution in [0.5, 0.6) is 11.5 Å². The van der Waals surface area contributed by atoms with Crippen LogP contribution in [0.4, 0.5) is 4.39 Å². The minimum atomic E-state index is -0.934. The maximum atomic E-state index is 15.3. The molecule has 5 nitrogen and oxygen atoms in total. The van der Waals surface area contributed by atoms with Gasteiger partial charge < -0.3 is 4.74 Å². The van der Waals surface area contributed by atoms with E-state index >= 15 is 4.39 Å². The zero-order valence-corrected chi connectivity index (χ0v) is 17.5. The van der Waals surface area contributed by atoms with E-state index in [0.717, 1.165) is 4.90 Å². The van der Waals surface area contributed by atoms with Crippen LogP contribution in [0.3, 0.4) is 0 Å². The molecule has 1 aliphatic rings. The van der Waals surface area contributed by atoms with Crippen molar-refractivity contribution in [2.45, 2.75) is 6.54 Å². The first-order valence-electron chi connectivity index (χ1n) is 8.69. The molecule has 1 aliphatic heterocycles. The summed E-state index contributed by atoms with van der Waals surface area (Å²) in [5, 5.41) is 9.31. The van der Waals surface area contributed by atoms with Crippen LogP contribution in [0.25, 0.3) is 0 Å². The molecule has 0 N–H and O–H groups in total. The van der Waals surface area contributed by atoms with Crippen molar-refractivity contribution in [1.82, 2.24) is 4.90 Å². The second kappa shape index (κ2) is 7.90. The SMILES string of the molecule is N#Cc1cc(Cl)cc(Oc2c(Br)ccc(C(=O)N3Cc4ccccc4C3=O)c2F)c1. The molecule has 30 heavy (non-hydrogen) atoms. The number of imide groups is 1. The summed E-state index contributed by atoms with van der Waals surface area (Å²) in [5.74, 6) is -2.30. The van der Waals surface area contributed by atoms with Crippen molar-refractivity contribution in [3.05, 3.63) is 92.2 Å². The van der Waals surface area contributed by atoms with E-state index in [1.165, 1.54) is 30.3 Å². The Morgan fingerprint density at radius 2 is 1.97 bits per heavy atom. The number of rotatable bonds is 3. The first-order valence-corrected chi connectivity index (χ1v) is 9.87. The Bertz CT molecular complexity index is 1260. The molecule has 8 heteroatoms. The quantitative estimate of drug-likeness (QED) is 0.446. The summed E-state index contributed by atoms with van der Waals surface area (Å²) >= 11 is 9.17. The number of hydrogen-bond acceptors (Lipinski definition) is 4. The van der Waals surface area contributed by atoms with E-state index in [4.69, 9.17) is 21.6 Å². The summed E-state index contributed by atoms with van der Waals surface area (Å²) in [6.07, 6.45) is 0. The first-order chi connectivity index (χ1) is 14.4. The Morgan fingerprint density at radius 1 is 1.20 bits per heavy atom. The molecule has 1 heterocycles. The molecule has 0 fully saturated rings. The molecule has 0 saturated heterocycles. The molecule has 4 rings (SSSR count). The summed E-state index contributed by atoms with van der Waals surface area (Å²) in [5.41, 5.74) is 1.05. The van der Waals surface area contributed by atoms with Gasteiger partial charge in [-0.25, -0.2) is 4.39 Å². The summed E-state index contributed by atoms with van der Waals surface area (Å²) in [6, 6.07) is 15.8. The lowest BCUT2D eigenvalue weighted by Crippen LogP contribution is -2.31. The monoisotopic (exact) mass is 484 g/mol. The molecule has 0 bridgehead atoms. The minimum Gasteiger partial charge on any atom is -0.453 e. The normalized spacial score (nSPS) is 12.5. The highest BCUT2D eigenvalue weighted by atomic mass is 79.9. The predicted molar refractivity (Wildman–Crippen MR) is 111 cm³/mol. The van der Waals surface area contributed by atoms with Crippen LogP contribution in [-0.2, 0) is 6.54 Å². The van der Waals surface area contributed by atoms with Gasteiger partial charge in [0.15, 0.2) is 11.6 Å². The van der Waals surface area contributed by atoms with E-state index in [0.29, 0.717) is 11.1 Å². The summed E-state index contributed by atoms with van der Waals surface area (Å²) in [4.78, 5) is 26.5. The standard InChI is InChI=1S/C22H11BrClFN2O3/c23-18-6-5-17(22(29)27-11-13-3-1-2-4-16(13)21(27)28)19(25)20(18)30-15-8-12(10-26)7-14(24)9-15/h1-9H,11H2. The number of nitriles is 1. The number of carbonyl (C=O) groups is 2. The highest BCUT2D eigenvalue weighted by Gasteiger charge is 2.34. The number of carbonyl (C=O) groups excluding carboxylic acids is 2. The average Bonchev–Trinajstić information content (AvgIpc) is 3.07. The van der Waals surface area contributed by atoms with E-state index in [1.54, 1.807) is 24.3 Å². The lowest BCUT2D eigenvalue weighted by atomic mass is 10.1. The van der Waals surface area contributed by atoms with Gasteiger partial charge in [-0.1, -0.05) is 29.8 Å². The second-order valence-corrected chi connectivity index (χ2v) is 7.77. The third-order valence-corrected chi connectivity index (χ3v) is 5.41. The fourth-order valence-corrected chi connectivity index (χ4v) is 3.77. The number of ether oxygens (including phenoxy) is 1. The van der Waals surface area contributed by atoms with Gasteiger partial charge >= 0.3 is 0 Å². The number of hydrogen-bond donors (Lipinski definition) is 0. The van der Waals surface area contributed by atoms with Crippen molar-refractivity contribution in [3.63, 3.8) is 0 Å². The minimum absolute atomic E-state index is 0.0688. The zero-order chi connectivity index (χ0) is 21.4. The second-order valence-electron chi connectivity index (χ2n) is 6.48. The van der Waals surface area contributed by atoms with Crippen molar-refractivity contribution >= 4 is 39.3 Å². The van der Waals surface area contributed by atoms with Gasteiger partial charge in [-0.2, -0.15) is 5.26 Å². The Labute approximate surface area is 184 Å². The van der Waals surface area contributed by atoms with Gasteiger partial charge in [-0.3, -0.25) is 14.5 Å². The first kappa shape index (κ1) is 20.1. The Balaban J connectivity index is 1.69. The molecular formula is C22H11BrClFN2O3. The number of fused-ring (bicyclic) bond motifs is 1. The van der Waals surface area contributed by atoms with Crippen molar-refractivity contribution in [2.75, 3.05) is 0 Å². The molecule has 0 unspecified atom stereocenters. The number of nitrogens with zero attached hydrogens (tertiary/aromatic N) is 2. The third kappa shape index (κ3) is 3.56. The van der Waals surface area contributed by atoms with Crippen molar-refractivity contribution in [1.29, 1.82) is 5.26 Å². The molecule has 0 atom stereocenters. The largest absolute Gasteiger partial charge is 0.453 e. The number of amides is 2. The lowest BCUT2D eigenvalue weighted by molar-refractivity contribution is 0.0628.